The predicted molar refractivity (Wildman–Crippen MR) is 126 cm³/mol. The molecule has 0 aliphatic carbocycles. The highest BCUT2D eigenvalue weighted by Gasteiger charge is 2.38. The molecule has 0 amide bonds. The van der Waals surface area contributed by atoms with Gasteiger partial charge in [0.15, 0.2) is 5.13 Å². The fourth-order valence-corrected chi connectivity index (χ4v) is 5.81. The number of anilines is 3. The predicted octanol–water partition coefficient (Wildman–Crippen LogP) is 4.03. The second-order valence-corrected chi connectivity index (χ2v) is 9.65. The number of aliphatic hydroxyl groups is 1. The van der Waals surface area contributed by atoms with Crippen molar-refractivity contribution in [3.05, 3.63) is 35.5 Å². The van der Waals surface area contributed by atoms with E-state index in [9.17, 15) is 5.11 Å². The van der Waals surface area contributed by atoms with Gasteiger partial charge in [-0.2, -0.15) is 5.26 Å². The molecule has 2 aliphatic heterocycles. The van der Waals surface area contributed by atoms with Crippen LogP contribution >= 0.6 is 11.3 Å². The van der Waals surface area contributed by atoms with Crippen LogP contribution in [0, 0.1) is 11.3 Å². The molecule has 0 radical (unpaired) electrons. The number of nitriles is 1. The van der Waals surface area contributed by atoms with E-state index in [-0.39, 0.29) is 6.61 Å². The van der Waals surface area contributed by atoms with Crippen LogP contribution in [-0.4, -0.2) is 49.6 Å². The lowest BCUT2D eigenvalue weighted by Crippen LogP contribution is -2.55. The summed E-state index contributed by atoms with van der Waals surface area (Å²) in [6.45, 7) is 0.862. The van der Waals surface area contributed by atoms with Gasteiger partial charge in [0.1, 0.15) is 11.6 Å². The Morgan fingerprint density at radius 2 is 2.09 bits per heavy atom. The van der Waals surface area contributed by atoms with Gasteiger partial charge in [0.2, 0.25) is 0 Å². The van der Waals surface area contributed by atoms with E-state index in [1.54, 1.807) is 12.4 Å². The Labute approximate surface area is 191 Å². The van der Waals surface area contributed by atoms with Crippen molar-refractivity contribution in [1.82, 2.24) is 19.9 Å². The van der Waals surface area contributed by atoms with Gasteiger partial charge in [-0.3, -0.25) is 9.88 Å². The van der Waals surface area contributed by atoms with Gasteiger partial charge < -0.3 is 15.7 Å². The first-order valence-electron chi connectivity index (χ1n) is 11.2. The minimum absolute atomic E-state index is 0.0196. The summed E-state index contributed by atoms with van der Waals surface area (Å²) in [5.41, 5.74) is 0.873. The van der Waals surface area contributed by atoms with Gasteiger partial charge in [-0.05, 0) is 37.8 Å². The van der Waals surface area contributed by atoms with E-state index in [2.05, 4.69) is 37.6 Å². The van der Waals surface area contributed by atoms with Gasteiger partial charge in [-0.1, -0.05) is 17.8 Å². The van der Waals surface area contributed by atoms with Crippen LogP contribution in [0.15, 0.2) is 30.6 Å². The molecule has 3 aromatic heterocycles. The Hall–Kier alpha value is -2.80. The third kappa shape index (κ3) is 4.39. The number of fused-ring (bicyclic) bond motifs is 3. The average molecular weight is 450 g/mol. The monoisotopic (exact) mass is 449 g/mol. The van der Waals surface area contributed by atoms with Crippen LogP contribution in [0.3, 0.4) is 0 Å². The summed E-state index contributed by atoms with van der Waals surface area (Å²) in [5, 5.41) is 27.0. The Kier molecular flexibility index (Phi) is 6.17. The number of hydrogen-bond acceptors (Lipinski definition) is 9. The average Bonchev–Trinajstić information content (AvgIpc) is 3.25. The molecule has 8 nitrogen and oxygen atoms in total. The van der Waals surface area contributed by atoms with Gasteiger partial charge in [-0.25, -0.2) is 9.97 Å². The molecule has 5 heterocycles. The largest absolute Gasteiger partial charge is 0.391 e. The maximum Gasteiger partial charge on any atom is 0.188 e. The summed E-state index contributed by atoms with van der Waals surface area (Å²) in [7, 11) is 0. The Morgan fingerprint density at radius 1 is 1.25 bits per heavy atom. The fourth-order valence-electron chi connectivity index (χ4n) is 5.13. The Bertz CT molecular complexity index is 1110. The molecule has 32 heavy (non-hydrogen) atoms. The van der Waals surface area contributed by atoms with Gasteiger partial charge in [0.25, 0.3) is 0 Å². The van der Waals surface area contributed by atoms with Crippen LogP contribution < -0.4 is 10.6 Å². The van der Waals surface area contributed by atoms with Gasteiger partial charge >= 0.3 is 0 Å². The molecule has 3 aromatic rings. The Morgan fingerprint density at radius 3 is 2.84 bits per heavy atom. The number of rotatable bonds is 7. The van der Waals surface area contributed by atoms with Crippen LogP contribution in [0.4, 0.5) is 16.8 Å². The van der Waals surface area contributed by atoms with Crippen molar-refractivity contribution in [3.63, 3.8) is 0 Å². The van der Waals surface area contributed by atoms with Crippen LogP contribution in [-0.2, 0) is 6.61 Å². The van der Waals surface area contributed by atoms with Crippen molar-refractivity contribution in [1.29, 1.82) is 5.26 Å². The number of thiazole rings is 1. The zero-order valence-corrected chi connectivity index (χ0v) is 18.7. The molecular formula is C23H27N7OS. The topological polar surface area (TPSA) is 110 Å². The molecule has 2 saturated heterocycles. The van der Waals surface area contributed by atoms with Gasteiger partial charge in [0.05, 0.1) is 23.1 Å². The summed E-state index contributed by atoms with van der Waals surface area (Å²) in [6.07, 6.45) is 9.88. The number of aromatic nitrogens is 3. The van der Waals surface area contributed by atoms with Crippen molar-refractivity contribution < 1.29 is 5.11 Å². The van der Waals surface area contributed by atoms with E-state index in [0.29, 0.717) is 35.5 Å². The lowest BCUT2D eigenvalue weighted by Gasteiger charge is -2.49. The first kappa shape index (κ1) is 21.1. The number of nitrogens with one attached hydrogen (secondary N) is 2. The fraction of sp³-hybridized carbons (Fsp3) is 0.478. The summed E-state index contributed by atoms with van der Waals surface area (Å²) >= 11 is 1.41. The maximum atomic E-state index is 9.31. The second-order valence-electron chi connectivity index (χ2n) is 8.54. The van der Waals surface area contributed by atoms with Crippen LogP contribution in [0.1, 0.15) is 43.4 Å². The third-order valence-electron chi connectivity index (χ3n) is 6.49. The first-order valence-corrected chi connectivity index (χ1v) is 12.0. The minimum atomic E-state index is -0.0196. The normalized spacial score (nSPS) is 23.1. The lowest BCUT2D eigenvalue weighted by molar-refractivity contribution is 0.0370. The highest BCUT2D eigenvalue weighted by Crippen LogP contribution is 2.36. The second kappa shape index (κ2) is 9.36. The summed E-state index contributed by atoms with van der Waals surface area (Å²) in [4.78, 5) is 17.1. The SMILES string of the molecule is N#CCCN1[C@@H]2CCC[C@H]1C[C@H](Nc1nc(Nc3ncc(CO)s3)cc3ncccc13)C2. The molecule has 9 heteroatoms. The number of aliphatic hydroxyl groups excluding tert-OH is 1. The molecule has 0 aromatic carbocycles. The number of nitrogens with zero attached hydrogens (tertiary/aromatic N) is 5. The van der Waals surface area contributed by atoms with E-state index >= 15 is 0 Å². The number of piperidine rings is 2. The smallest absolute Gasteiger partial charge is 0.188 e. The lowest BCUT2D eigenvalue weighted by atomic mass is 9.81. The minimum Gasteiger partial charge on any atom is -0.391 e. The molecule has 166 valence electrons. The highest BCUT2D eigenvalue weighted by atomic mass is 32.1. The molecular weight excluding hydrogens is 422 g/mol. The molecule has 0 saturated carbocycles. The first-order chi connectivity index (χ1) is 15.7. The number of hydrogen-bond donors (Lipinski definition) is 3. The van der Waals surface area contributed by atoms with Crippen LogP contribution in [0.2, 0.25) is 0 Å². The summed E-state index contributed by atoms with van der Waals surface area (Å²) < 4.78 is 0. The molecule has 2 aliphatic rings. The summed E-state index contributed by atoms with van der Waals surface area (Å²) in [6, 6.07) is 9.64. The quantitative estimate of drug-likeness (QED) is 0.496. The van der Waals surface area contributed by atoms with E-state index in [1.807, 2.05) is 12.1 Å². The van der Waals surface area contributed by atoms with Gasteiger partial charge in [-0.15, -0.1) is 0 Å². The standard InChI is InChI=1S/C23H27N7OS/c24-7-3-9-30-16-4-1-5-17(30)11-15(10-16)27-22-19-6-2-8-25-20(19)12-21(28-22)29-23-26-13-18(14-31)32-23/h2,6,8,12-13,15-17,31H,1,3-5,9-11,14H2,(H2,26,27,28,29)/t15-,16-,17+. The van der Waals surface area contributed by atoms with Crippen LogP contribution in [0.25, 0.3) is 10.9 Å². The molecule has 2 bridgehead atoms. The zero-order chi connectivity index (χ0) is 21.9. The maximum absolute atomic E-state index is 9.31. The molecule has 0 unspecified atom stereocenters. The van der Waals surface area contributed by atoms with E-state index in [0.717, 1.165) is 41.0 Å². The molecule has 5 rings (SSSR count). The molecule has 3 N–H and O–H groups in total. The zero-order valence-electron chi connectivity index (χ0n) is 17.9. The number of pyridine rings is 2. The van der Waals surface area contributed by atoms with Crippen molar-refractivity contribution >= 4 is 39.0 Å². The van der Waals surface area contributed by atoms with Crippen molar-refractivity contribution in [2.24, 2.45) is 0 Å². The van der Waals surface area contributed by atoms with Gasteiger partial charge in [0, 0.05) is 54.9 Å². The molecule has 3 atom stereocenters. The van der Waals surface area contributed by atoms with Crippen molar-refractivity contribution in [2.45, 2.75) is 63.3 Å². The van der Waals surface area contributed by atoms with E-state index in [4.69, 9.17) is 10.2 Å². The highest BCUT2D eigenvalue weighted by molar-refractivity contribution is 7.15. The Balaban J connectivity index is 1.38. The molecule has 0 spiro atoms. The molecule has 2 fully saturated rings. The van der Waals surface area contributed by atoms with E-state index < -0.39 is 0 Å². The van der Waals surface area contributed by atoms with Crippen LogP contribution in [0.5, 0.6) is 0 Å². The van der Waals surface area contributed by atoms with Crippen molar-refractivity contribution in [2.75, 3.05) is 17.2 Å². The third-order valence-corrected chi connectivity index (χ3v) is 7.39. The van der Waals surface area contributed by atoms with E-state index in [1.165, 1.54) is 30.6 Å². The van der Waals surface area contributed by atoms with Crippen molar-refractivity contribution in [3.8, 4) is 6.07 Å². The summed E-state index contributed by atoms with van der Waals surface area (Å²) in [5.74, 6) is 1.52.